The Bertz CT molecular complexity index is 709. The first-order chi connectivity index (χ1) is 10.6. The van der Waals surface area contributed by atoms with Gasteiger partial charge in [0, 0.05) is 16.1 Å². The Labute approximate surface area is 137 Å². The van der Waals surface area contributed by atoms with Gasteiger partial charge in [-0.15, -0.1) is 0 Å². The number of hydrazine groups is 1. The Balaban J connectivity index is 1.89. The van der Waals surface area contributed by atoms with Crippen molar-refractivity contribution in [3.8, 4) is 0 Å². The topological polar surface area (TPSA) is 58.2 Å². The van der Waals surface area contributed by atoms with Crippen molar-refractivity contribution in [2.24, 2.45) is 0 Å². The number of hydrogen-bond acceptors (Lipinski definition) is 2. The third-order valence-corrected chi connectivity index (χ3v) is 3.51. The number of carbonyl (C=O) groups is 2. The summed E-state index contributed by atoms with van der Waals surface area (Å²) in [5.74, 6) is -0.742. The maximum absolute atomic E-state index is 11.9. The van der Waals surface area contributed by atoms with Crippen molar-refractivity contribution in [1.29, 1.82) is 0 Å². The lowest BCUT2D eigenvalue weighted by atomic mass is 10.1. The van der Waals surface area contributed by atoms with Crippen molar-refractivity contribution in [2.75, 3.05) is 0 Å². The highest BCUT2D eigenvalue weighted by Crippen LogP contribution is 2.11. The quantitative estimate of drug-likeness (QED) is 0.653. The number of hydrogen-bond donors (Lipinski definition) is 2. The summed E-state index contributed by atoms with van der Waals surface area (Å²) in [5, 5.41) is 0. The molecule has 0 atom stereocenters. The summed E-state index contributed by atoms with van der Waals surface area (Å²) in [6.45, 7) is 1.84. The Morgan fingerprint density at radius 1 is 1.00 bits per heavy atom. The van der Waals surface area contributed by atoms with Crippen LogP contribution in [-0.2, 0) is 4.79 Å². The van der Waals surface area contributed by atoms with E-state index in [-0.39, 0.29) is 5.91 Å². The Hall–Kier alpha value is -2.40. The highest BCUT2D eigenvalue weighted by atomic mass is 79.9. The van der Waals surface area contributed by atoms with Crippen LogP contribution >= 0.6 is 15.9 Å². The van der Waals surface area contributed by atoms with Crippen molar-refractivity contribution < 1.29 is 9.59 Å². The van der Waals surface area contributed by atoms with Crippen LogP contribution in [-0.4, -0.2) is 11.8 Å². The van der Waals surface area contributed by atoms with Crippen molar-refractivity contribution in [1.82, 2.24) is 10.9 Å². The summed E-state index contributed by atoms with van der Waals surface area (Å²) in [7, 11) is 0. The molecule has 0 radical (unpaired) electrons. The summed E-state index contributed by atoms with van der Waals surface area (Å²) >= 11 is 3.34. The largest absolute Gasteiger partial charge is 0.269 e. The average Bonchev–Trinajstić information content (AvgIpc) is 2.52. The van der Waals surface area contributed by atoms with E-state index in [0.29, 0.717) is 5.56 Å². The van der Waals surface area contributed by atoms with E-state index < -0.39 is 5.91 Å². The lowest BCUT2D eigenvalue weighted by molar-refractivity contribution is -0.117. The fourth-order valence-electron chi connectivity index (χ4n) is 1.80. The van der Waals surface area contributed by atoms with Gasteiger partial charge in [0.15, 0.2) is 0 Å². The second kappa shape index (κ2) is 7.56. The number of aryl methyl sites for hydroxylation is 1. The lowest BCUT2D eigenvalue weighted by Gasteiger charge is -2.07. The third-order valence-electron chi connectivity index (χ3n) is 2.99. The molecule has 2 rings (SSSR count). The molecular formula is C17H15BrN2O2. The van der Waals surface area contributed by atoms with Gasteiger partial charge >= 0.3 is 0 Å². The van der Waals surface area contributed by atoms with E-state index in [2.05, 4.69) is 26.8 Å². The zero-order chi connectivity index (χ0) is 15.9. The van der Waals surface area contributed by atoms with Crippen LogP contribution in [0.15, 0.2) is 59.1 Å². The van der Waals surface area contributed by atoms with Crippen molar-refractivity contribution in [3.05, 3.63) is 75.8 Å². The summed E-state index contributed by atoms with van der Waals surface area (Å²) in [4.78, 5) is 23.6. The second-order valence-corrected chi connectivity index (χ2v) is 5.56. The van der Waals surface area contributed by atoms with E-state index in [1.807, 2.05) is 43.3 Å². The Morgan fingerprint density at radius 2 is 1.68 bits per heavy atom. The first-order valence-electron chi connectivity index (χ1n) is 6.66. The molecule has 0 aliphatic rings. The molecule has 0 saturated heterocycles. The standard InChI is InChI=1S/C17H15BrN2O2/c1-12-4-2-3-5-15(12)17(22)20-19-16(21)11-8-13-6-9-14(18)10-7-13/h2-11H,1H3,(H,19,21)(H,20,22)/b11-8+. The van der Waals surface area contributed by atoms with Gasteiger partial charge in [-0.1, -0.05) is 46.3 Å². The SMILES string of the molecule is Cc1ccccc1C(=O)NNC(=O)/C=C/c1ccc(Br)cc1. The first-order valence-corrected chi connectivity index (χ1v) is 7.45. The monoisotopic (exact) mass is 358 g/mol. The molecule has 0 saturated carbocycles. The molecule has 2 N–H and O–H groups in total. The molecule has 2 aromatic carbocycles. The van der Waals surface area contributed by atoms with Crippen LogP contribution in [0.5, 0.6) is 0 Å². The number of nitrogens with one attached hydrogen (secondary N) is 2. The van der Waals surface area contributed by atoms with E-state index >= 15 is 0 Å². The Morgan fingerprint density at radius 3 is 2.36 bits per heavy atom. The van der Waals surface area contributed by atoms with Crippen LogP contribution in [0.4, 0.5) is 0 Å². The maximum atomic E-state index is 11.9. The molecule has 0 aliphatic carbocycles. The molecule has 0 bridgehead atoms. The van der Waals surface area contributed by atoms with Gasteiger partial charge in [-0.25, -0.2) is 0 Å². The fourth-order valence-corrected chi connectivity index (χ4v) is 2.07. The molecule has 2 amide bonds. The van der Waals surface area contributed by atoms with Crippen LogP contribution < -0.4 is 10.9 Å². The van der Waals surface area contributed by atoms with Gasteiger partial charge in [0.1, 0.15) is 0 Å². The van der Waals surface area contributed by atoms with E-state index in [0.717, 1.165) is 15.6 Å². The molecule has 0 spiro atoms. The number of halogens is 1. The second-order valence-electron chi connectivity index (χ2n) is 4.64. The summed E-state index contributed by atoms with van der Waals surface area (Å²) in [6.07, 6.45) is 3.03. The van der Waals surface area contributed by atoms with Crippen LogP contribution in [0.25, 0.3) is 6.08 Å². The van der Waals surface area contributed by atoms with Gasteiger partial charge in [-0.2, -0.15) is 0 Å². The highest BCUT2D eigenvalue weighted by molar-refractivity contribution is 9.10. The maximum Gasteiger partial charge on any atom is 0.269 e. The predicted octanol–water partition coefficient (Wildman–Crippen LogP) is 3.23. The van der Waals surface area contributed by atoms with Gasteiger partial charge in [0.2, 0.25) is 0 Å². The molecule has 22 heavy (non-hydrogen) atoms. The lowest BCUT2D eigenvalue weighted by Crippen LogP contribution is -2.41. The van der Waals surface area contributed by atoms with Gasteiger partial charge in [-0.05, 0) is 42.3 Å². The predicted molar refractivity (Wildman–Crippen MR) is 90.0 cm³/mol. The van der Waals surface area contributed by atoms with Crippen molar-refractivity contribution in [3.63, 3.8) is 0 Å². The molecule has 112 valence electrons. The normalized spacial score (nSPS) is 10.5. The zero-order valence-corrected chi connectivity index (χ0v) is 13.6. The summed E-state index contributed by atoms with van der Waals surface area (Å²) < 4.78 is 0.972. The number of carbonyl (C=O) groups excluding carboxylic acids is 2. The fraction of sp³-hybridized carbons (Fsp3) is 0.0588. The Kier molecular flexibility index (Phi) is 5.49. The van der Waals surface area contributed by atoms with E-state index in [9.17, 15) is 9.59 Å². The minimum Gasteiger partial charge on any atom is -0.268 e. The van der Waals surface area contributed by atoms with E-state index in [4.69, 9.17) is 0 Å². The third kappa shape index (κ3) is 4.56. The van der Waals surface area contributed by atoms with Crippen LogP contribution in [0.1, 0.15) is 21.5 Å². The smallest absolute Gasteiger partial charge is 0.268 e. The molecular weight excluding hydrogens is 344 g/mol. The molecule has 0 heterocycles. The molecule has 0 aromatic heterocycles. The van der Waals surface area contributed by atoms with Gasteiger partial charge in [-0.3, -0.25) is 20.4 Å². The minimum atomic E-state index is -0.398. The minimum absolute atomic E-state index is 0.344. The highest BCUT2D eigenvalue weighted by Gasteiger charge is 2.07. The molecule has 0 aliphatic heterocycles. The van der Waals surface area contributed by atoms with Crippen LogP contribution in [0.3, 0.4) is 0 Å². The first kappa shape index (κ1) is 16.0. The molecule has 0 fully saturated rings. The van der Waals surface area contributed by atoms with Crippen molar-refractivity contribution >= 4 is 33.8 Å². The number of rotatable bonds is 3. The number of benzene rings is 2. The molecule has 0 unspecified atom stereocenters. The zero-order valence-electron chi connectivity index (χ0n) is 12.0. The average molecular weight is 359 g/mol. The van der Waals surface area contributed by atoms with Crippen LogP contribution in [0, 0.1) is 6.92 Å². The summed E-state index contributed by atoms with van der Waals surface area (Å²) in [5.41, 5.74) is 7.01. The van der Waals surface area contributed by atoms with Crippen LogP contribution in [0.2, 0.25) is 0 Å². The van der Waals surface area contributed by atoms with E-state index in [1.54, 1.807) is 18.2 Å². The van der Waals surface area contributed by atoms with Gasteiger partial charge in [0.25, 0.3) is 11.8 Å². The number of amides is 2. The van der Waals surface area contributed by atoms with E-state index in [1.165, 1.54) is 6.08 Å². The molecule has 5 heteroatoms. The van der Waals surface area contributed by atoms with Crippen molar-refractivity contribution in [2.45, 2.75) is 6.92 Å². The molecule has 4 nitrogen and oxygen atoms in total. The van der Waals surface area contributed by atoms with Gasteiger partial charge < -0.3 is 0 Å². The molecule has 2 aromatic rings. The summed E-state index contributed by atoms with van der Waals surface area (Å²) in [6, 6.07) is 14.7. The van der Waals surface area contributed by atoms with Gasteiger partial charge in [0.05, 0.1) is 0 Å².